The lowest BCUT2D eigenvalue weighted by molar-refractivity contribution is 0.677. The SMILES string of the molecule is CCCNCc1sc(-c2ccc(Br)cn2)nc1CC. The molecule has 0 aliphatic heterocycles. The summed E-state index contributed by atoms with van der Waals surface area (Å²) < 4.78 is 0.994. The maximum atomic E-state index is 4.71. The van der Waals surface area contributed by atoms with Crippen molar-refractivity contribution in [3.8, 4) is 10.7 Å². The van der Waals surface area contributed by atoms with Crippen LogP contribution in [0, 0.1) is 0 Å². The van der Waals surface area contributed by atoms with Crippen molar-refractivity contribution in [3.63, 3.8) is 0 Å². The van der Waals surface area contributed by atoms with E-state index >= 15 is 0 Å². The van der Waals surface area contributed by atoms with Gasteiger partial charge in [-0.15, -0.1) is 11.3 Å². The molecule has 0 atom stereocenters. The highest BCUT2D eigenvalue weighted by molar-refractivity contribution is 9.10. The molecular formula is C14H18BrN3S. The minimum atomic E-state index is 0.908. The second-order valence-corrected chi connectivity index (χ2v) is 6.28. The first-order valence-corrected chi connectivity index (χ1v) is 8.16. The molecule has 0 saturated heterocycles. The first-order chi connectivity index (χ1) is 9.24. The van der Waals surface area contributed by atoms with Crippen molar-refractivity contribution < 1.29 is 0 Å². The summed E-state index contributed by atoms with van der Waals surface area (Å²) in [5.74, 6) is 0. The highest BCUT2D eigenvalue weighted by Gasteiger charge is 2.11. The fraction of sp³-hybridized carbons (Fsp3) is 0.429. The van der Waals surface area contributed by atoms with E-state index in [1.807, 2.05) is 18.3 Å². The molecule has 0 aromatic carbocycles. The topological polar surface area (TPSA) is 37.8 Å². The average Bonchev–Trinajstić information content (AvgIpc) is 2.83. The van der Waals surface area contributed by atoms with Gasteiger partial charge in [-0.2, -0.15) is 0 Å². The zero-order valence-electron chi connectivity index (χ0n) is 11.2. The molecule has 0 spiro atoms. The van der Waals surface area contributed by atoms with Gasteiger partial charge in [-0.1, -0.05) is 13.8 Å². The maximum absolute atomic E-state index is 4.71. The van der Waals surface area contributed by atoms with Crippen molar-refractivity contribution in [1.82, 2.24) is 15.3 Å². The largest absolute Gasteiger partial charge is 0.312 e. The third-order valence-electron chi connectivity index (χ3n) is 2.77. The van der Waals surface area contributed by atoms with Crippen LogP contribution in [0.4, 0.5) is 0 Å². The van der Waals surface area contributed by atoms with Crippen LogP contribution in [0.2, 0.25) is 0 Å². The number of aromatic nitrogens is 2. The van der Waals surface area contributed by atoms with Crippen LogP contribution in [-0.4, -0.2) is 16.5 Å². The molecule has 1 N–H and O–H groups in total. The first kappa shape index (κ1) is 14.6. The van der Waals surface area contributed by atoms with Crippen LogP contribution in [0.1, 0.15) is 30.8 Å². The van der Waals surface area contributed by atoms with Gasteiger partial charge in [0.1, 0.15) is 5.01 Å². The molecule has 3 nitrogen and oxygen atoms in total. The Bertz CT molecular complexity index is 522. The Balaban J connectivity index is 2.20. The number of pyridine rings is 1. The van der Waals surface area contributed by atoms with Gasteiger partial charge in [0.05, 0.1) is 11.4 Å². The minimum absolute atomic E-state index is 0.908. The van der Waals surface area contributed by atoms with Gasteiger partial charge in [0.25, 0.3) is 0 Å². The molecule has 2 aromatic heterocycles. The lowest BCUT2D eigenvalue weighted by Gasteiger charge is -2.01. The van der Waals surface area contributed by atoms with E-state index in [1.165, 1.54) is 10.6 Å². The quantitative estimate of drug-likeness (QED) is 0.807. The van der Waals surface area contributed by atoms with Crippen LogP contribution in [0.5, 0.6) is 0 Å². The Hall–Kier alpha value is -0.780. The molecule has 0 radical (unpaired) electrons. The van der Waals surface area contributed by atoms with Crippen molar-refractivity contribution in [2.24, 2.45) is 0 Å². The summed E-state index contributed by atoms with van der Waals surface area (Å²) in [6.07, 6.45) is 3.94. The molecule has 0 aliphatic carbocycles. The van der Waals surface area contributed by atoms with Crippen molar-refractivity contribution >= 4 is 27.3 Å². The van der Waals surface area contributed by atoms with E-state index < -0.39 is 0 Å². The molecule has 0 fully saturated rings. The van der Waals surface area contributed by atoms with Gasteiger partial charge >= 0.3 is 0 Å². The molecule has 2 aromatic rings. The van der Waals surface area contributed by atoms with Gasteiger partial charge in [-0.25, -0.2) is 4.98 Å². The number of thiazole rings is 1. The number of hydrogen-bond acceptors (Lipinski definition) is 4. The number of halogens is 1. The third kappa shape index (κ3) is 3.84. The molecule has 0 saturated carbocycles. The molecular weight excluding hydrogens is 322 g/mol. The minimum Gasteiger partial charge on any atom is -0.312 e. The van der Waals surface area contributed by atoms with Gasteiger partial charge in [-0.3, -0.25) is 4.98 Å². The molecule has 2 heterocycles. The van der Waals surface area contributed by atoms with Crippen LogP contribution in [0.25, 0.3) is 10.7 Å². The van der Waals surface area contributed by atoms with E-state index in [4.69, 9.17) is 4.98 Å². The van der Waals surface area contributed by atoms with Crippen molar-refractivity contribution in [2.75, 3.05) is 6.54 Å². The highest BCUT2D eigenvalue weighted by atomic mass is 79.9. The summed E-state index contributed by atoms with van der Waals surface area (Å²) in [5.41, 5.74) is 2.14. The summed E-state index contributed by atoms with van der Waals surface area (Å²) >= 11 is 5.15. The fourth-order valence-electron chi connectivity index (χ4n) is 1.79. The molecule has 2 rings (SSSR count). The average molecular weight is 340 g/mol. The van der Waals surface area contributed by atoms with Gasteiger partial charge < -0.3 is 5.32 Å². The van der Waals surface area contributed by atoms with Crippen LogP contribution in [0.3, 0.4) is 0 Å². The smallest absolute Gasteiger partial charge is 0.142 e. The standard InChI is InChI=1S/C14H18BrN3S/c1-3-7-16-9-13-11(4-2)18-14(19-13)12-6-5-10(15)8-17-12/h5-6,8,16H,3-4,7,9H2,1-2H3. The number of rotatable bonds is 6. The molecule has 19 heavy (non-hydrogen) atoms. The normalized spacial score (nSPS) is 10.9. The molecule has 102 valence electrons. The predicted molar refractivity (Wildman–Crippen MR) is 84.4 cm³/mol. The molecule has 0 bridgehead atoms. The van der Waals surface area contributed by atoms with Gasteiger partial charge in [0.15, 0.2) is 0 Å². The first-order valence-electron chi connectivity index (χ1n) is 6.55. The lowest BCUT2D eigenvalue weighted by Crippen LogP contribution is -2.13. The zero-order chi connectivity index (χ0) is 13.7. The third-order valence-corrected chi connectivity index (χ3v) is 4.36. The summed E-state index contributed by atoms with van der Waals surface area (Å²) in [7, 11) is 0. The van der Waals surface area contributed by atoms with Gasteiger partial charge in [-0.05, 0) is 47.4 Å². The Labute approximate surface area is 126 Å². The lowest BCUT2D eigenvalue weighted by atomic mass is 10.3. The second-order valence-electron chi connectivity index (χ2n) is 4.28. The van der Waals surface area contributed by atoms with Crippen molar-refractivity contribution in [3.05, 3.63) is 33.4 Å². The molecule has 0 unspecified atom stereocenters. The summed E-state index contributed by atoms with van der Waals surface area (Å²) in [4.78, 5) is 10.5. The monoisotopic (exact) mass is 339 g/mol. The van der Waals surface area contributed by atoms with Crippen LogP contribution < -0.4 is 5.32 Å². The van der Waals surface area contributed by atoms with E-state index in [-0.39, 0.29) is 0 Å². The molecule has 5 heteroatoms. The Morgan fingerprint density at radius 2 is 2.16 bits per heavy atom. The van der Waals surface area contributed by atoms with E-state index in [9.17, 15) is 0 Å². The van der Waals surface area contributed by atoms with E-state index in [0.29, 0.717) is 0 Å². The summed E-state index contributed by atoms with van der Waals surface area (Å²) in [6, 6.07) is 4.01. The summed E-state index contributed by atoms with van der Waals surface area (Å²) in [6.45, 7) is 6.28. The number of nitrogens with zero attached hydrogens (tertiary/aromatic N) is 2. The fourth-order valence-corrected chi connectivity index (χ4v) is 3.12. The van der Waals surface area contributed by atoms with E-state index in [2.05, 4.69) is 40.1 Å². The Kier molecular flexibility index (Phi) is 5.48. The predicted octanol–water partition coefficient (Wildman–Crippen LogP) is 4.03. The molecule has 0 aliphatic rings. The van der Waals surface area contributed by atoms with Gasteiger partial charge in [0.2, 0.25) is 0 Å². The van der Waals surface area contributed by atoms with Crippen molar-refractivity contribution in [2.45, 2.75) is 33.2 Å². The van der Waals surface area contributed by atoms with Crippen molar-refractivity contribution in [1.29, 1.82) is 0 Å². The van der Waals surface area contributed by atoms with E-state index in [1.54, 1.807) is 11.3 Å². The number of hydrogen-bond donors (Lipinski definition) is 1. The van der Waals surface area contributed by atoms with Crippen LogP contribution in [0.15, 0.2) is 22.8 Å². The number of nitrogens with one attached hydrogen (secondary N) is 1. The summed E-state index contributed by atoms with van der Waals surface area (Å²) in [5, 5.41) is 4.45. The highest BCUT2D eigenvalue weighted by Crippen LogP contribution is 2.27. The number of aryl methyl sites for hydroxylation is 1. The van der Waals surface area contributed by atoms with E-state index in [0.717, 1.165) is 41.1 Å². The van der Waals surface area contributed by atoms with Crippen LogP contribution in [-0.2, 0) is 13.0 Å². The maximum Gasteiger partial charge on any atom is 0.142 e. The second kappa shape index (κ2) is 7.12. The zero-order valence-corrected chi connectivity index (χ0v) is 13.6. The molecule has 0 amide bonds. The van der Waals surface area contributed by atoms with Gasteiger partial charge in [0, 0.05) is 22.1 Å². The van der Waals surface area contributed by atoms with Crippen LogP contribution >= 0.6 is 27.3 Å². The Morgan fingerprint density at radius 1 is 1.32 bits per heavy atom. The Morgan fingerprint density at radius 3 is 2.79 bits per heavy atom.